The van der Waals surface area contributed by atoms with E-state index in [1.165, 1.54) is 45.3 Å². The topological polar surface area (TPSA) is 60.4 Å². The molecule has 0 aliphatic carbocycles. The molecule has 7 nitrogen and oxygen atoms in total. The molecular weight excluding hydrogens is 505 g/mol. The SMILES string of the molecule is CN=C(NCCC1CCCN(C(=O)OC(C)(C)C)C1)N1CCC(CN2CCCC2)C1.I. The minimum Gasteiger partial charge on any atom is -0.444 e. The molecule has 3 fully saturated rings. The molecule has 3 rings (SSSR count). The molecule has 0 spiro atoms. The number of ether oxygens (including phenoxy) is 1. The molecule has 0 radical (unpaired) electrons. The summed E-state index contributed by atoms with van der Waals surface area (Å²) in [6.45, 7) is 14.3. The average molecular weight is 550 g/mol. The molecule has 2 atom stereocenters. The van der Waals surface area contributed by atoms with Gasteiger partial charge >= 0.3 is 6.09 Å². The van der Waals surface area contributed by atoms with Crippen molar-refractivity contribution in [3.63, 3.8) is 0 Å². The Balaban J connectivity index is 0.00000341. The first kappa shape index (κ1) is 26.5. The molecule has 3 aliphatic heterocycles. The average Bonchev–Trinajstić information content (AvgIpc) is 3.37. The highest BCUT2D eigenvalue weighted by Crippen LogP contribution is 2.22. The van der Waals surface area contributed by atoms with Crippen LogP contribution in [0.1, 0.15) is 59.3 Å². The number of amides is 1. The van der Waals surface area contributed by atoms with Crippen LogP contribution in [0.15, 0.2) is 4.99 Å². The number of carbonyl (C=O) groups is 1. The zero-order chi connectivity index (χ0) is 21.6. The fraction of sp³-hybridized carbons (Fsp3) is 0.913. The Bertz CT molecular complexity index is 589. The first-order valence-corrected chi connectivity index (χ1v) is 12.0. The molecular formula is C23H44IN5O2. The molecule has 8 heteroatoms. The second-order valence-corrected chi connectivity index (χ2v) is 10.3. The number of carbonyl (C=O) groups excluding carboxylic acids is 1. The number of piperidine rings is 1. The van der Waals surface area contributed by atoms with Crippen LogP contribution in [-0.2, 0) is 4.74 Å². The summed E-state index contributed by atoms with van der Waals surface area (Å²) in [5.74, 6) is 2.33. The van der Waals surface area contributed by atoms with E-state index in [-0.39, 0.29) is 30.1 Å². The predicted molar refractivity (Wildman–Crippen MR) is 137 cm³/mol. The lowest BCUT2D eigenvalue weighted by Gasteiger charge is -2.34. The van der Waals surface area contributed by atoms with Crippen molar-refractivity contribution in [2.45, 2.75) is 64.9 Å². The summed E-state index contributed by atoms with van der Waals surface area (Å²) in [7, 11) is 1.89. The van der Waals surface area contributed by atoms with Gasteiger partial charge in [0, 0.05) is 46.3 Å². The van der Waals surface area contributed by atoms with Gasteiger partial charge in [0.15, 0.2) is 5.96 Å². The van der Waals surface area contributed by atoms with Gasteiger partial charge in [0.1, 0.15) is 5.60 Å². The standard InChI is InChI=1S/C23H43N5O2.HI/c1-23(2,3)30-22(29)28-14-7-8-19(17-28)9-11-25-21(24-4)27-15-10-20(18-27)16-26-12-5-6-13-26;/h19-20H,5-18H2,1-4H3,(H,24,25);1H. The van der Waals surface area contributed by atoms with E-state index in [2.05, 4.69) is 20.1 Å². The van der Waals surface area contributed by atoms with Gasteiger partial charge in [0.05, 0.1) is 0 Å². The van der Waals surface area contributed by atoms with E-state index >= 15 is 0 Å². The number of nitrogens with one attached hydrogen (secondary N) is 1. The van der Waals surface area contributed by atoms with Crippen LogP contribution in [0.3, 0.4) is 0 Å². The number of nitrogens with zero attached hydrogens (tertiary/aromatic N) is 4. The summed E-state index contributed by atoms with van der Waals surface area (Å²) in [4.78, 5) is 23.9. The summed E-state index contributed by atoms with van der Waals surface area (Å²) in [5.41, 5.74) is -0.430. The summed E-state index contributed by atoms with van der Waals surface area (Å²) >= 11 is 0. The lowest BCUT2D eigenvalue weighted by Crippen LogP contribution is -2.44. The van der Waals surface area contributed by atoms with Gasteiger partial charge in [0.25, 0.3) is 0 Å². The Morgan fingerprint density at radius 1 is 1.00 bits per heavy atom. The van der Waals surface area contributed by atoms with Gasteiger partial charge in [0.2, 0.25) is 0 Å². The van der Waals surface area contributed by atoms with Crippen molar-refractivity contribution in [1.82, 2.24) is 20.0 Å². The molecule has 0 aromatic carbocycles. The van der Waals surface area contributed by atoms with Crippen molar-refractivity contribution in [3.05, 3.63) is 0 Å². The van der Waals surface area contributed by atoms with Crippen molar-refractivity contribution in [1.29, 1.82) is 0 Å². The Morgan fingerprint density at radius 3 is 2.39 bits per heavy atom. The molecule has 0 bridgehead atoms. The molecule has 0 aromatic rings. The van der Waals surface area contributed by atoms with Crippen LogP contribution in [0.4, 0.5) is 4.79 Å². The molecule has 1 N–H and O–H groups in total. The van der Waals surface area contributed by atoms with Gasteiger partial charge in [-0.2, -0.15) is 0 Å². The van der Waals surface area contributed by atoms with Gasteiger partial charge in [-0.1, -0.05) is 0 Å². The van der Waals surface area contributed by atoms with E-state index in [4.69, 9.17) is 4.74 Å². The first-order valence-electron chi connectivity index (χ1n) is 12.0. The zero-order valence-electron chi connectivity index (χ0n) is 20.1. The van der Waals surface area contributed by atoms with Crippen LogP contribution < -0.4 is 5.32 Å². The van der Waals surface area contributed by atoms with Crippen molar-refractivity contribution in [2.24, 2.45) is 16.8 Å². The molecule has 31 heavy (non-hydrogen) atoms. The number of rotatable bonds is 5. The third kappa shape index (κ3) is 8.59. The zero-order valence-corrected chi connectivity index (χ0v) is 22.4. The third-order valence-electron chi connectivity index (χ3n) is 6.52. The van der Waals surface area contributed by atoms with Crippen LogP contribution >= 0.6 is 24.0 Å². The second kappa shape index (κ2) is 12.5. The highest BCUT2D eigenvalue weighted by atomic mass is 127. The van der Waals surface area contributed by atoms with E-state index in [0.717, 1.165) is 57.4 Å². The smallest absolute Gasteiger partial charge is 0.410 e. The number of hydrogen-bond donors (Lipinski definition) is 1. The van der Waals surface area contributed by atoms with Crippen LogP contribution in [0, 0.1) is 11.8 Å². The van der Waals surface area contributed by atoms with E-state index in [9.17, 15) is 4.79 Å². The van der Waals surface area contributed by atoms with E-state index in [0.29, 0.717) is 5.92 Å². The maximum absolute atomic E-state index is 12.4. The molecule has 0 saturated carbocycles. The second-order valence-electron chi connectivity index (χ2n) is 10.3. The Labute approximate surface area is 206 Å². The quantitative estimate of drug-likeness (QED) is 0.323. The summed E-state index contributed by atoms with van der Waals surface area (Å²) in [6, 6.07) is 0. The van der Waals surface area contributed by atoms with Crippen molar-refractivity contribution in [3.8, 4) is 0 Å². The van der Waals surface area contributed by atoms with E-state index < -0.39 is 5.60 Å². The number of guanidine groups is 1. The predicted octanol–water partition coefficient (Wildman–Crippen LogP) is 3.63. The molecule has 0 aromatic heterocycles. The lowest BCUT2D eigenvalue weighted by atomic mass is 9.95. The number of halogens is 1. The van der Waals surface area contributed by atoms with Gasteiger partial charge in [-0.25, -0.2) is 4.79 Å². The third-order valence-corrected chi connectivity index (χ3v) is 6.52. The Morgan fingerprint density at radius 2 is 1.71 bits per heavy atom. The minimum absolute atomic E-state index is 0. The molecule has 180 valence electrons. The number of likely N-dealkylation sites (tertiary alicyclic amines) is 3. The molecule has 3 heterocycles. The highest BCUT2D eigenvalue weighted by molar-refractivity contribution is 14.0. The Hall–Kier alpha value is -0.770. The molecule has 3 saturated heterocycles. The van der Waals surface area contributed by atoms with Crippen LogP contribution in [-0.4, -0.2) is 91.8 Å². The number of hydrogen-bond acceptors (Lipinski definition) is 4. The Kier molecular flexibility index (Phi) is 10.6. The van der Waals surface area contributed by atoms with E-state index in [1.54, 1.807) is 0 Å². The lowest BCUT2D eigenvalue weighted by molar-refractivity contribution is 0.0162. The van der Waals surface area contributed by atoms with Crippen LogP contribution in [0.5, 0.6) is 0 Å². The van der Waals surface area contributed by atoms with Crippen LogP contribution in [0.25, 0.3) is 0 Å². The monoisotopic (exact) mass is 549 g/mol. The fourth-order valence-corrected chi connectivity index (χ4v) is 5.02. The first-order chi connectivity index (χ1) is 14.3. The summed E-state index contributed by atoms with van der Waals surface area (Å²) < 4.78 is 5.55. The minimum atomic E-state index is -0.430. The maximum Gasteiger partial charge on any atom is 0.410 e. The van der Waals surface area contributed by atoms with E-state index in [1.807, 2.05) is 32.7 Å². The van der Waals surface area contributed by atoms with Crippen molar-refractivity contribution in [2.75, 3.05) is 59.4 Å². The van der Waals surface area contributed by atoms with Gasteiger partial charge < -0.3 is 24.8 Å². The van der Waals surface area contributed by atoms with Crippen molar-refractivity contribution < 1.29 is 9.53 Å². The van der Waals surface area contributed by atoms with Gasteiger partial charge in [-0.3, -0.25) is 4.99 Å². The van der Waals surface area contributed by atoms with Gasteiger partial charge in [-0.05, 0) is 84.2 Å². The highest BCUT2D eigenvalue weighted by Gasteiger charge is 2.29. The van der Waals surface area contributed by atoms with Gasteiger partial charge in [-0.15, -0.1) is 24.0 Å². The summed E-state index contributed by atoms with van der Waals surface area (Å²) in [6.07, 6.45) is 7.13. The fourth-order valence-electron chi connectivity index (χ4n) is 5.02. The van der Waals surface area contributed by atoms with Crippen molar-refractivity contribution >= 4 is 36.0 Å². The molecule has 2 unspecified atom stereocenters. The maximum atomic E-state index is 12.4. The summed E-state index contributed by atoms with van der Waals surface area (Å²) in [5, 5.41) is 3.58. The normalized spacial score (nSPS) is 25.5. The van der Waals surface area contributed by atoms with Crippen LogP contribution in [0.2, 0.25) is 0 Å². The number of aliphatic imine (C=N–C) groups is 1. The molecule has 3 aliphatic rings. The largest absolute Gasteiger partial charge is 0.444 e. The molecule has 1 amide bonds.